The lowest BCUT2D eigenvalue weighted by atomic mass is 9.89. The van der Waals surface area contributed by atoms with E-state index in [1.165, 1.54) is 9.87 Å². The second-order valence-electron chi connectivity index (χ2n) is 14.4. The van der Waals surface area contributed by atoms with Crippen LogP contribution in [0.15, 0.2) is 70.8 Å². The van der Waals surface area contributed by atoms with E-state index in [2.05, 4.69) is 47.9 Å². The summed E-state index contributed by atoms with van der Waals surface area (Å²) >= 11 is 0. The number of carbonyl (C=O) groups is 2. The molecule has 0 saturated carbocycles. The zero-order valence-electron chi connectivity index (χ0n) is 32.3. The standard InChI is InChI=1S/C39H47F6N9O4S/c1-47-35(56)10-9-32(24-55)50-30-7-5-27(6-8-30)28-11-15-53(16-12-28)23-26-3-2-4-33(19-26)59(57,58)54-17-13-31(14-18-54)51-37-49-22-34(39(43,44)45)36(52-37)29(20-46)21-48-25-38(40,41)42/h2-8,19-22,24,28,31-32,50H,9-18,23,25,46H2,1H3,(H,47,56)(H,49,51,52)/b29-20+,48-21?. The SMILES string of the molecule is CNC(=O)CCC(C=O)Nc1ccc(C2CCN(Cc3cccc(S(=O)(=O)N4CCC(Nc5ncc(C(F)(F)F)c(/C(C=NCC(F)(F)F)=C/N)n5)CC4)c3)CC2)cc1. The van der Waals surface area contributed by atoms with Gasteiger partial charge in [-0.2, -0.15) is 30.6 Å². The Kier molecular flexibility index (Phi) is 15.1. The summed E-state index contributed by atoms with van der Waals surface area (Å²) in [5.41, 5.74) is 5.74. The third-order valence-corrected chi connectivity index (χ3v) is 12.1. The first kappa shape index (κ1) is 45.0. The monoisotopic (exact) mass is 851 g/mol. The Morgan fingerprint density at radius 2 is 1.71 bits per heavy atom. The summed E-state index contributed by atoms with van der Waals surface area (Å²) in [4.78, 5) is 36.3. The molecule has 3 aromatic rings. The lowest BCUT2D eigenvalue weighted by molar-refractivity contribution is -0.138. The van der Waals surface area contributed by atoms with Crippen molar-refractivity contribution in [1.29, 1.82) is 0 Å². The van der Waals surface area contributed by atoms with Gasteiger partial charge in [0.1, 0.15) is 18.4 Å². The summed E-state index contributed by atoms with van der Waals surface area (Å²) < 4.78 is 108. The topological polar surface area (TPSA) is 175 Å². The van der Waals surface area contributed by atoms with E-state index in [0.717, 1.165) is 43.5 Å². The Balaban J connectivity index is 1.13. The molecule has 320 valence electrons. The van der Waals surface area contributed by atoms with Crippen LogP contribution in [0.5, 0.6) is 0 Å². The van der Waals surface area contributed by atoms with Crippen molar-refractivity contribution in [1.82, 2.24) is 24.5 Å². The molecule has 5 N–H and O–H groups in total. The molecule has 2 aliphatic rings. The molecule has 1 atom stereocenters. The summed E-state index contributed by atoms with van der Waals surface area (Å²) in [6, 6.07) is 13.9. The number of nitrogens with zero attached hydrogens (tertiary/aromatic N) is 5. The molecule has 13 nitrogen and oxygen atoms in total. The molecule has 2 saturated heterocycles. The number of anilines is 2. The van der Waals surface area contributed by atoms with Crippen molar-refractivity contribution in [3.63, 3.8) is 0 Å². The quantitative estimate of drug-likeness (QED) is 0.0810. The largest absolute Gasteiger partial charge is 0.419 e. The van der Waals surface area contributed by atoms with Crippen LogP contribution < -0.4 is 21.7 Å². The van der Waals surface area contributed by atoms with Crippen LogP contribution in [0.1, 0.15) is 66.8 Å². The van der Waals surface area contributed by atoms with E-state index in [0.29, 0.717) is 37.5 Å². The minimum atomic E-state index is -4.94. The number of amides is 1. The number of sulfonamides is 1. The van der Waals surface area contributed by atoms with Gasteiger partial charge >= 0.3 is 12.4 Å². The maximum atomic E-state index is 13.8. The zero-order chi connectivity index (χ0) is 42.8. The predicted octanol–water partition coefficient (Wildman–Crippen LogP) is 5.58. The van der Waals surface area contributed by atoms with Gasteiger partial charge in [0.25, 0.3) is 0 Å². The fourth-order valence-electron chi connectivity index (χ4n) is 7.02. The van der Waals surface area contributed by atoms with Gasteiger partial charge in [0.15, 0.2) is 0 Å². The summed E-state index contributed by atoms with van der Waals surface area (Å²) in [6.45, 7) is 0.785. The van der Waals surface area contributed by atoms with Crippen molar-refractivity contribution in [3.8, 4) is 0 Å². The number of aromatic nitrogens is 2. The Labute approximate surface area is 338 Å². The van der Waals surface area contributed by atoms with Crippen LogP contribution in [0, 0.1) is 0 Å². The Morgan fingerprint density at radius 1 is 1.02 bits per heavy atom. The van der Waals surface area contributed by atoms with Crippen molar-refractivity contribution in [2.24, 2.45) is 10.7 Å². The van der Waals surface area contributed by atoms with Crippen molar-refractivity contribution in [3.05, 3.63) is 83.3 Å². The van der Waals surface area contributed by atoms with E-state index >= 15 is 0 Å². The minimum Gasteiger partial charge on any atom is -0.404 e. The number of nitrogens with one attached hydrogen (secondary N) is 3. The van der Waals surface area contributed by atoms with Gasteiger partial charge in [0, 0.05) is 69.0 Å². The molecule has 2 aliphatic heterocycles. The molecular weight excluding hydrogens is 805 g/mol. The van der Waals surface area contributed by atoms with Gasteiger partial charge in [0.2, 0.25) is 21.9 Å². The van der Waals surface area contributed by atoms with E-state index in [4.69, 9.17) is 5.73 Å². The maximum absolute atomic E-state index is 13.8. The molecule has 2 aromatic carbocycles. The Hall–Kier alpha value is -5.08. The van der Waals surface area contributed by atoms with Crippen LogP contribution in [0.3, 0.4) is 0 Å². The smallest absolute Gasteiger partial charge is 0.404 e. The van der Waals surface area contributed by atoms with E-state index in [1.807, 2.05) is 18.2 Å². The highest BCUT2D eigenvalue weighted by Gasteiger charge is 2.37. The van der Waals surface area contributed by atoms with Crippen LogP contribution in [0.25, 0.3) is 5.57 Å². The predicted molar refractivity (Wildman–Crippen MR) is 211 cm³/mol. The fraction of sp³-hybridized carbons (Fsp3) is 0.462. The number of benzene rings is 2. The van der Waals surface area contributed by atoms with Crippen molar-refractivity contribution < 1.29 is 44.3 Å². The van der Waals surface area contributed by atoms with E-state index in [9.17, 15) is 44.3 Å². The molecule has 5 rings (SSSR count). The van der Waals surface area contributed by atoms with Crippen LogP contribution in [0.2, 0.25) is 0 Å². The van der Waals surface area contributed by atoms with Gasteiger partial charge < -0.3 is 26.5 Å². The second-order valence-corrected chi connectivity index (χ2v) is 16.3. The molecule has 0 aliphatic carbocycles. The summed E-state index contributed by atoms with van der Waals surface area (Å²) in [5, 5.41) is 8.64. The molecule has 59 heavy (non-hydrogen) atoms. The molecule has 20 heteroatoms. The van der Waals surface area contributed by atoms with Crippen molar-refractivity contribution >= 4 is 45.6 Å². The van der Waals surface area contributed by atoms with Gasteiger partial charge in [-0.05, 0) is 86.5 Å². The summed E-state index contributed by atoms with van der Waals surface area (Å²) in [7, 11) is -2.32. The number of alkyl halides is 6. The van der Waals surface area contributed by atoms with Gasteiger partial charge in [0.05, 0.1) is 16.6 Å². The summed E-state index contributed by atoms with van der Waals surface area (Å²) in [5.74, 6) is -0.0141. The molecule has 0 spiro atoms. The molecule has 1 unspecified atom stereocenters. The molecule has 1 amide bonds. The van der Waals surface area contributed by atoms with Crippen molar-refractivity contribution in [2.75, 3.05) is 50.4 Å². The number of piperidine rings is 2. The van der Waals surface area contributed by atoms with Crippen LogP contribution in [0.4, 0.5) is 38.0 Å². The number of hydrogen-bond donors (Lipinski definition) is 4. The Bertz CT molecular complexity index is 2070. The maximum Gasteiger partial charge on any atom is 0.419 e. The zero-order valence-corrected chi connectivity index (χ0v) is 33.1. The second kappa shape index (κ2) is 19.8. The number of hydrogen-bond acceptors (Lipinski definition) is 11. The van der Waals surface area contributed by atoms with E-state index in [1.54, 1.807) is 25.2 Å². The van der Waals surface area contributed by atoms with Gasteiger partial charge in [-0.15, -0.1) is 0 Å². The number of allylic oxidation sites excluding steroid dienone is 1. The third kappa shape index (κ3) is 12.7. The van der Waals surface area contributed by atoms with Crippen molar-refractivity contribution in [2.45, 2.75) is 80.3 Å². The normalized spacial score (nSPS) is 17.5. The number of likely N-dealkylation sites (tertiary alicyclic amines) is 1. The van der Waals surface area contributed by atoms with Gasteiger partial charge in [-0.1, -0.05) is 24.3 Å². The number of carbonyl (C=O) groups excluding carboxylic acids is 2. The van der Waals surface area contributed by atoms with Gasteiger partial charge in [-0.25, -0.2) is 18.4 Å². The average Bonchev–Trinajstić information content (AvgIpc) is 3.21. The third-order valence-electron chi connectivity index (χ3n) is 10.2. The number of aldehydes is 1. The Morgan fingerprint density at radius 3 is 2.32 bits per heavy atom. The molecular formula is C39H47F6N9O4S. The van der Waals surface area contributed by atoms with Crippen LogP contribution in [-0.2, 0) is 32.3 Å². The first-order valence-electron chi connectivity index (χ1n) is 19.0. The molecule has 2 fully saturated rings. The lowest BCUT2D eigenvalue weighted by Crippen LogP contribution is -2.42. The van der Waals surface area contributed by atoms with E-state index < -0.39 is 57.8 Å². The minimum absolute atomic E-state index is 0.107. The number of rotatable bonds is 16. The molecule has 1 aromatic heterocycles. The highest BCUT2D eigenvalue weighted by Crippen LogP contribution is 2.35. The summed E-state index contributed by atoms with van der Waals surface area (Å²) in [6.07, 6.45) is -4.04. The molecule has 0 radical (unpaired) electrons. The van der Waals surface area contributed by atoms with Gasteiger partial charge in [-0.3, -0.25) is 14.7 Å². The molecule has 3 heterocycles. The number of halogens is 6. The number of nitrogens with two attached hydrogens (primary N) is 1. The highest BCUT2D eigenvalue weighted by molar-refractivity contribution is 7.89. The first-order valence-corrected chi connectivity index (χ1v) is 20.5. The first-order chi connectivity index (χ1) is 28.0. The fourth-order valence-corrected chi connectivity index (χ4v) is 8.56. The van der Waals surface area contributed by atoms with E-state index in [-0.39, 0.29) is 49.1 Å². The average molecular weight is 852 g/mol. The van der Waals surface area contributed by atoms with Crippen LogP contribution >= 0.6 is 0 Å². The molecule has 0 bridgehead atoms. The lowest BCUT2D eigenvalue weighted by Gasteiger charge is -2.33. The van der Waals surface area contributed by atoms with Crippen LogP contribution in [-0.4, -0.2) is 104 Å². The number of aliphatic imine (C=N–C) groups is 1. The highest BCUT2D eigenvalue weighted by atomic mass is 32.2.